The molecule has 0 aliphatic heterocycles. The van der Waals surface area contributed by atoms with Crippen molar-refractivity contribution < 1.29 is 4.74 Å². The van der Waals surface area contributed by atoms with Crippen LogP contribution in [0.1, 0.15) is 53.4 Å². The summed E-state index contributed by atoms with van der Waals surface area (Å²) in [5.74, 6) is 0.611. The molecule has 0 saturated heterocycles. The van der Waals surface area contributed by atoms with Crippen molar-refractivity contribution in [2.75, 3.05) is 18.1 Å². The van der Waals surface area contributed by atoms with Crippen LogP contribution in [0.4, 0.5) is 11.4 Å². The fourth-order valence-electron chi connectivity index (χ4n) is 3.22. The molecule has 0 spiro atoms. The van der Waals surface area contributed by atoms with E-state index in [1.807, 2.05) is 12.1 Å². The molecular weight excluding hydrogens is 348 g/mol. The summed E-state index contributed by atoms with van der Waals surface area (Å²) in [7, 11) is 0. The van der Waals surface area contributed by atoms with E-state index in [0.717, 1.165) is 25.1 Å². The van der Waals surface area contributed by atoms with Gasteiger partial charge in [0.25, 0.3) is 0 Å². The highest BCUT2D eigenvalue weighted by molar-refractivity contribution is 6.50. The van der Waals surface area contributed by atoms with Gasteiger partial charge in [0.1, 0.15) is 5.76 Å². The molecule has 0 aromatic heterocycles. The molecule has 5 nitrogen and oxygen atoms in total. The van der Waals surface area contributed by atoms with Gasteiger partial charge >= 0.3 is 0 Å². The monoisotopic (exact) mass is 382 g/mol. The number of hydrogen-bond donors (Lipinski definition) is 2. The zero-order chi connectivity index (χ0) is 20.5. The number of anilines is 1. The van der Waals surface area contributed by atoms with Gasteiger partial charge in [0, 0.05) is 24.4 Å². The number of ether oxygens (including phenoxy) is 1. The molecule has 0 atom stereocenters. The van der Waals surface area contributed by atoms with Gasteiger partial charge in [-0.1, -0.05) is 26.2 Å². The quantitative estimate of drug-likeness (QED) is 0.423. The number of benzene rings is 1. The fourth-order valence-corrected chi connectivity index (χ4v) is 3.22. The predicted octanol–water partition coefficient (Wildman–Crippen LogP) is 5.35. The molecule has 1 aromatic rings. The van der Waals surface area contributed by atoms with E-state index in [0.29, 0.717) is 35.5 Å². The Balaban J connectivity index is 2.11. The van der Waals surface area contributed by atoms with E-state index in [9.17, 15) is 0 Å². The van der Waals surface area contributed by atoms with Crippen molar-refractivity contribution in [1.29, 1.82) is 5.41 Å². The lowest BCUT2D eigenvalue weighted by atomic mass is 10.1. The molecule has 0 bridgehead atoms. The summed E-state index contributed by atoms with van der Waals surface area (Å²) in [5, 5.41) is 8.18. The first kappa shape index (κ1) is 21.7. The van der Waals surface area contributed by atoms with Gasteiger partial charge in [-0.25, -0.2) is 4.99 Å². The van der Waals surface area contributed by atoms with Gasteiger partial charge in [-0.3, -0.25) is 5.41 Å². The van der Waals surface area contributed by atoms with Crippen molar-refractivity contribution in [1.82, 2.24) is 0 Å². The normalized spacial score (nSPS) is 15.6. The van der Waals surface area contributed by atoms with Gasteiger partial charge in [0.05, 0.1) is 29.4 Å². The molecule has 1 aromatic carbocycles. The maximum Gasteiger partial charge on any atom is 0.144 e. The second kappa shape index (κ2) is 10.7. The first-order valence-corrected chi connectivity index (χ1v) is 10.3. The topological polar surface area (TPSA) is 74.7 Å². The lowest BCUT2D eigenvalue weighted by Crippen LogP contribution is -2.30. The van der Waals surface area contributed by atoms with Crippen LogP contribution in [-0.4, -0.2) is 30.6 Å². The van der Waals surface area contributed by atoms with Crippen molar-refractivity contribution in [2.24, 2.45) is 10.7 Å². The molecule has 2 rings (SSSR count). The Morgan fingerprint density at radius 1 is 1.07 bits per heavy atom. The van der Waals surface area contributed by atoms with Gasteiger partial charge in [0.15, 0.2) is 0 Å². The van der Waals surface area contributed by atoms with E-state index in [4.69, 9.17) is 15.9 Å². The van der Waals surface area contributed by atoms with Crippen LogP contribution in [0.5, 0.6) is 0 Å². The number of unbranched alkanes of at least 4 members (excludes halogenated alkanes) is 3. The van der Waals surface area contributed by atoms with Crippen molar-refractivity contribution >= 4 is 22.8 Å². The van der Waals surface area contributed by atoms with Crippen LogP contribution < -0.4 is 10.6 Å². The predicted molar refractivity (Wildman–Crippen MR) is 120 cm³/mol. The molecule has 1 aliphatic rings. The number of allylic oxidation sites excluding steroid dienone is 2. The minimum absolute atomic E-state index is 0.303. The van der Waals surface area contributed by atoms with E-state index < -0.39 is 0 Å². The van der Waals surface area contributed by atoms with Crippen molar-refractivity contribution in [3.63, 3.8) is 0 Å². The molecule has 0 unspecified atom stereocenters. The molecule has 0 radical (unpaired) electrons. The van der Waals surface area contributed by atoms with Crippen LogP contribution in [0.25, 0.3) is 0 Å². The molecule has 0 heterocycles. The van der Waals surface area contributed by atoms with E-state index in [1.54, 1.807) is 12.2 Å². The summed E-state index contributed by atoms with van der Waals surface area (Å²) in [6, 6.07) is 8.58. The molecule has 28 heavy (non-hydrogen) atoms. The third kappa shape index (κ3) is 5.98. The average Bonchev–Trinajstić information content (AvgIpc) is 2.66. The van der Waals surface area contributed by atoms with Gasteiger partial charge in [0.2, 0.25) is 0 Å². The van der Waals surface area contributed by atoms with Crippen molar-refractivity contribution in [3.05, 3.63) is 47.9 Å². The van der Waals surface area contributed by atoms with Gasteiger partial charge < -0.3 is 15.4 Å². The summed E-state index contributed by atoms with van der Waals surface area (Å²) < 4.78 is 5.83. The van der Waals surface area contributed by atoms with Crippen LogP contribution in [0.3, 0.4) is 0 Å². The maximum atomic E-state index is 8.18. The number of nitrogens with one attached hydrogen (secondary N) is 1. The molecule has 0 amide bonds. The van der Waals surface area contributed by atoms with Gasteiger partial charge in [-0.15, -0.1) is 0 Å². The fraction of sp³-hybridized carbons (Fsp3) is 0.478. The Morgan fingerprint density at radius 3 is 2.39 bits per heavy atom. The standard InChI is InChI=1S/C23H34N4O/c1-5-7-8-9-14-28-23-16-22(20(24)15-21(23)25)26-18-10-12-19(13-11-18)27(6-2)17(3)4/h10-13,15-17,24H,5-9,14,25H2,1-4H3. The summed E-state index contributed by atoms with van der Waals surface area (Å²) >= 11 is 0. The van der Waals surface area contributed by atoms with Crippen LogP contribution in [0, 0.1) is 5.41 Å². The van der Waals surface area contributed by atoms with Crippen LogP contribution in [-0.2, 0) is 4.74 Å². The van der Waals surface area contributed by atoms with Crippen molar-refractivity contribution in [3.8, 4) is 0 Å². The Hall–Kier alpha value is -2.56. The Bertz CT molecular complexity index is 744. The molecular formula is C23H34N4O. The summed E-state index contributed by atoms with van der Waals surface area (Å²) in [6.45, 7) is 10.3. The third-order valence-corrected chi connectivity index (χ3v) is 4.78. The molecule has 3 N–H and O–H groups in total. The summed E-state index contributed by atoms with van der Waals surface area (Å²) in [6.07, 6.45) is 7.97. The van der Waals surface area contributed by atoms with Crippen molar-refractivity contribution in [2.45, 2.75) is 59.4 Å². The van der Waals surface area contributed by atoms with E-state index in [1.165, 1.54) is 18.5 Å². The second-order valence-electron chi connectivity index (χ2n) is 7.32. The molecule has 0 fully saturated rings. The summed E-state index contributed by atoms with van der Waals surface area (Å²) in [5.41, 5.74) is 9.39. The Kier molecular flexibility index (Phi) is 8.30. The molecule has 5 heteroatoms. The minimum atomic E-state index is 0.303. The molecule has 152 valence electrons. The van der Waals surface area contributed by atoms with E-state index >= 15 is 0 Å². The molecule has 1 aliphatic carbocycles. The van der Waals surface area contributed by atoms with Gasteiger partial charge in [-0.2, -0.15) is 0 Å². The number of rotatable bonds is 10. The Morgan fingerprint density at radius 2 is 1.79 bits per heavy atom. The number of nitrogens with two attached hydrogens (primary N) is 1. The van der Waals surface area contributed by atoms with Crippen LogP contribution in [0.15, 0.2) is 52.9 Å². The second-order valence-corrected chi connectivity index (χ2v) is 7.32. The lowest BCUT2D eigenvalue weighted by Gasteiger charge is -2.27. The highest BCUT2D eigenvalue weighted by Gasteiger charge is 2.16. The highest BCUT2D eigenvalue weighted by atomic mass is 16.5. The largest absolute Gasteiger partial charge is 0.491 e. The van der Waals surface area contributed by atoms with Gasteiger partial charge in [-0.05, 0) is 57.5 Å². The number of nitrogens with zero attached hydrogens (tertiary/aromatic N) is 2. The number of hydrogen-bond acceptors (Lipinski definition) is 5. The van der Waals surface area contributed by atoms with E-state index in [-0.39, 0.29) is 0 Å². The minimum Gasteiger partial charge on any atom is -0.491 e. The SMILES string of the molecule is CCCCCCOC1=CC(=Nc2ccc(N(CC)C(C)C)cc2)C(=N)C=C1N. The highest BCUT2D eigenvalue weighted by Crippen LogP contribution is 2.23. The van der Waals surface area contributed by atoms with E-state index in [2.05, 4.69) is 49.7 Å². The first-order valence-electron chi connectivity index (χ1n) is 10.3. The first-order chi connectivity index (χ1) is 13.5. The maximum absolute atomic E-state index is 8.18. The van der Waals surface area contributed by atoms with Crippen LogP contribution in [0.2, 0.25) is 0 Å². The Labute approximate surface area is 169 Å². The average molecular weight is 383 g/mol. The number of aliphatic imine (C=N–C) groups is 1. The smallest absolute Gasteiger partial charge is 0.144 e. The van der Waals surface area contributed by atoms with Crippen LogP contribution >= 0.6 is 0 Å². The lowest BCUT2D eigenvalue weighted by molar-refractivity contribution is 0.212. The molecule has 0 saturated carbocycles. The summed E-state index contributed by atoms with van der Waals surface area (Å²) in [4.78, 5) is 6.96. The third-order valence-electron chi connectivity index (χ3n) is 4.78. The zero-order valence-electron chi connectivity index (χ0n) is 17.7. The zero-order valence-corrected chi connectivity index (χ0v) is 17.7.